The van der Waals surface area contributed by atoms with Gasteiger partial charge in [-0.25, -0.2) is 4.79 Å². The van der Waals surface area contributed by atoms with Crippen LogP contribution in [0.4, 0.5) is 0 Å². The van der Waals surface area contributed by atoms with E-state index in [4.69, 9.17) is 4.74 Å². The summed E-state index contributed by atoms with van der Waals surface area (Å²) in [6.45, 7) is 4.09. The first kappa shape index (κ1) is 10.6. The van der Waals surface area contributed by atoms with Gasteiger partial charge in [-0.15, -0.1) is 11.8 Å². The highest BCUT2D eigenvalue weighted by molar-refractivity contribution is 8.02. The van der Waals surface area contributed by atoms with Gasteiger partial charge in [0.25, 0.3) is 0 Å². The molecule has 1 heterocycles. The number of thioether (sulfide) groups is 1. The first-order chi connectivity index (χ1) is 6.24. The third-order valence-corrected chi connectivity index (χ3v) is 2.89. The highest BCUT2D eigenvalue weighted by atomic mass is 32.2. The van der Waals surface area contributed by atoms with Gasteiger partial charge in [-0.2, -0.15) is 0 Å². The van der Waals surface area contributed by atoms with Crippen LogP contribution in [-0.4, -0.2) is 17.8 Å². The Hall–Kier alpha value is -0.440. The molecule has 13 heavy (non-hydrogen) atoms. The average Bonchev–Trinajstić information content (AvgIpc) is 2.39. The van der Waals surface area contributed by atoms with Gasteiger partial charge < -0.3 is 4.74 Å². The number of hydrogen-bond donors (Lipinski definition) is 0. The Balaban J connectivity index is 2.30. The molecule has 0 saturated carbocycles. The van der Waals surface area contributed by atoms with Gasteiger partial charge in [-0.05, 0) is 24.5 Å². The van der Waals surface area contributed by atoms with Gasteiger partial charge in [0, 0.05) is 12.0 Å². The van der Waals surface area contributed by atoms with Crippen LogP contribution in [-0.2, 0) is 9.53 Å². The highest BCUT2D eigenvalue weighted by Gasteiger charge is 2.24. The molecule has 3 heteroatoms. The van der Waals surface area contributed by atoms with Crippen LogP contribution >= 0.6 is 11.8 Å². The molecule has 1 aliphatic rings. The van der Waals surface area contributed by atoms with Crippen molar-refractivity contribution < 1.29 is 9.53 Å². The zero-order valence-corrected chi connectivity index (χ0v) is 9.02. The highest BCUT2D eigenvalue weighted by Crippen LogP contribution is 2.22. The van der Waals surface area contributed by atoms with Crippen LogP contribution in [0.25, 0.3) is 0 Å². The van der Waals surface area contributed by atoms with Crippen molar-refractivity contribution in [3.8, 4) is 0 Å². The Bertz CT molecular complexity index is 211. The van der Waals surface area contributed by atoms with Crippen LogP contribution in [0.3, 0.4) is 0 Å². The lowest BCUT2D eigenvalue weighted by molar-refractivity contribution is -0.138. The molecule has 1 aliphatic heterocycles. The van der Waals surface area contributed by atoms with Gasteiger partial charge in [0.1, 0.15) is 6.10 Å². The van der Waals surface area contributed by atoms with Crippen LogP contribution in [0, 0.1) is 0 Å². The van der Waals surface area contributed by atoms with Gasteiger partial charge in [0.2, 0.25) is 0 Å². The Morgan fingerprint density at radius 2 is 2.46 bits per heavy atom. The molecule has 0 aromatic heterocycles. The van der Waals surface area contributed by atoms with E-state index in [1.807, 2.05) is 12.3 Å². The monoisotopic (exact) mass is 200 g/mol. The summed E-state index contributed by atoms with van der Waals surface area (Å²) in [6, 6.07) is 0. The van der Waals surface area contributed by atoms with E-state index in [2.05, 4.69) is 6.92 Å². The van der Waals surface area contributed by atoms with Crippen LogP contribution in [0.5, 0.6) is 0 Å². The number of esters is 1. The van der Waals surface area contributed by atoms with Crippen molar-refractivity contribution in [2.24, 2.45) is 0 Å². The van der Waals surface area contributed by atoms with Crippen LogP contribution in [0.2, 0.25) is 0 Å². The molecule has 0 aromatic rings. The molecule has 0 N–H and O–H groups in total. The van der Waals surface area contributed by atoms with E-state index in [9.17, 15) is 4.79 Å². The lowest BCUT2D eigenvalue weighted by atomic mass is 10.2. The number of cyclic esters (lactones) is 1. The number of carbonyl (C=O) groups excluding carboxylic acids is 1. The third-order valence-electron chi connectivity index (χ3n) is 1.92. The van der Waals surface area contributed by atoms with Crippen molar-refractivity contribution >= 4 is 17.7 Å². The minimum absolute atomic E-state index is 0.0746. The number of rotatable bonds is 4. The lowest BCUT2D eigenvalue weighted by Crippen LogP contribution is -1.99. The first-order valence-electron chi connectivity index (χ1n) is 4.75. The van der Waals surface area contributed by atoms with Crippen molar-refractivity contribution in [1.82, 2.24) is 0 Å². The fraction of sp³-hybridized carbons (Fsp3) is 0.700. The molecule has 0 bridgehead atoms. The maximum Gasteiger partial charge on any atom is 0.334 e. The molecule has 1 atom stereocenters. The summed E-state index contributed by atoms with van der Waals surface area (Å²) in [5.41, 5.74) is 0.841. The molecule has 0 amide bonds. The summed E-state index contributed by atoms with van der Waals surface area (Å²) in [5, 5.41) is 1.96. The fourth-order valence-corrected chi connectivity index (χ4v) is 2.14. The van der Waals surface area contributed by atoms with Gasteiger partial charge >= 0.3 is 5.97 Å². The summed E-state index contributed by atoms with van der Waals surface area (Å²) in [4.78, 5) is 11.1. The molecule has 1 fully saturated rings. The molecule has 1 saturated heterocycles. The second-order valence-electron chi connectivity index (χ2n) is 3.29. The molecule has 2 nitrogen and oxygen atoms in total. The average molecular weight is 200 g/mol. The van der Waals surface area contributed by atoms with Crippen molar-refractivity contribution in [2.75, 3.05) is 5.75 Å². The SMILES string of the molecule is CCCCS/C=C1\CC(C)OC1=O. The molecule has 0 aromatic carbocycles. The Morgan fingerprint density at radius 3 is 3.00 bits per heavy atom. The van der Waals surface area contributed by atoms with Crippen molar-refractivity contribution in [3.05, 3.63) is 11.0 Å². The maximum absolute atomic E-state index is 11.1. The largest absolute Gasteiger partial charge is 0.459 e. The summed E-state index contributed by atoms with van der Waals surface area (Å²) in [5.74, 6) is 0.971. The molecule has 0 radical (unpaired) electrons. The van der Waals surface area contributed by atoms with E-state index in [0.29, 0.717) is 0 Å². The number of carbonyl (C=O) groups is 1. The van der Waals surface area contributed by atoms with Gasteiger partial charge in [0.15, 0.2) is 0 Å². The van der Waals surface area contributed by atoms with Crippen LogP contribution in [0.15, 0.2) is 11.0 Å². The smallest absolute Gasteiger partial charge is 0.334 e. The predicted octanol–water partition coefficient (Wildman–Crippen LogP) is 2.74. The first-order valence-corrected chi connectivity index (χ1v) is 5.80. The molecular formula is C10H16O2S. The van der Waals surface area contributed by atoms with Crippen molar-refractivity contribution in [2.45, 2.75) is 39.2 Å². The topological polar surface area (TPSA) is 26.3 Å². The third kappa shape index (κ3) is 3.43. The molecule has 0 aliphatic carbocycles. The minimum atomic E-state index is -0.128. The van der Waals surface area contributed by atoms with E-state index < -0.39 is 0 Å². The lowest BCUT2D eigenvalue weighted by Gasteiger charge is -1.94. The van der Waals surface area contributed by atoms with Crippen LogP contribution < -0.4 is 0 Å². The summed E-state index contributed by atoms with van der Waals surface area (Å²) in [7, 11) is 0. The van der Waals surface area contributed by atoms with Gasteiger partial charge in [0.05, 0.1) is 0 Å². The summed E-state index contributed by atoms with van der Waals surface area (Å²) >= 11 is 1.72. The van der Waals surface area contributed by atoms with E-state index in [1.54, 1.807) is 11.8 Å². The number of hydrogen-bond acceptors (Lipinski definition) is 3. The standard InChI is InChI=1S/C10H16O2S/c1-3-4-5-13-7-9-6-8(2)12-10(9)11/h7-8H,3-6H2,1-2H3/b9-7+. The zero-order valence-electron chi connectivity index (χ0n) is 8.21. The Kier molecular flexibility index (Phi) is 4.36. The Morgan fingerprint density at radius 1 is 1.69 bits per heavy atom. The van der Waals surface area contributed by atoms with E-state index >= 15 is 0 Å². The Labute approximate surface area is 83.7 Å². The van der Waals surface area contributed by atoms with E-state index in [1.165, 1.54) is 12.8 Å². The zero-order chi connectivity index (χ0) is 9.68. The van der Waals surface area contributed by atoms with E-state index in [0.717, 1.165) is 17.7 Å². The molecule has 1 rings (SSSR count). The quantitative estimate of drug-likeness (QED) is 0.396. The molecule has 1 unspecified atom stereocenters. The van der Waals surface area contributed by atoms with Crippen molar-refractivity contribution in [1.29, 1.82) is 0 Å². The molecule has 0 spiro atoms. The predicted molar refractivity (Wildman–Crippen MR) is 55.6 cm³/mol. The number of unbranched alkanes of at least 4 members (excludes halogenated alkanes) is 1. The van der Waals surface area contributed by atoms with Crippen LogP contribution in [0.1, 0.15) is 33.1 Å². The van der Waals surface area contributed by atoms with Gasteiger partial charge in [-0.1, -0.05) is 13.3 Å². The van der Waals surface area contributed by atoms with E-state index in [-0.39, 0.29) is 12.1 Å². The minimum Gasteiger partial charge on any atom is -0.459 e. The molecule has 74 valence electrons. The maximum atomic E-state index is 11.1. The second kappa shape index (κ2) is 5.32. The normalized spacial score (nSPS) is 25.2. The second-order valence-corrected chi connectivity index (χ2v) is 4.26. The fourth-order valence-electron chi connectivity index (χ4n) is 1.18. The molecular weight excluding hydrogens is 184 g/mol. The van der Waals surface area contributed by atoms with Crippen molar-refractivity contribution in [3.63, 3.8) is 0 Å². The summed E-state index contributed by atoms with van der Waals surface area (Å²) in [6.07, 6.45) is 3.26. The summed E-state index contributed by atoms with van der Waals surface area (Å²) < 4.78 is 5.01. The number of ether oxygens (including phenoxy) is 1. The van der Waals surface area contributed by atoms with Gasteiger partial charge in [-0.3, -0.25) is 0 Å².